The molecule has 1 aromatic rings. The zero-order valence-corrected chi connectivity index (χ0v) is 14.9. The van der Waals surface area contributed by atoms with Gasteiger partial charge in [-0.15, -0.1) is 0 Å². The summed E-state index contributed by atoms with van der Waals surface area (Å²) >= 11 is 0. The average molecular weight is 360 g/mol. The topological polar surface area (TPSA) is 82.2 Å². The van der Waals surface area contributed by atoms with Crippen LogP contribution in [0.5, 0.6) is 0 Å². The standard InChI is InChI=1S/C18H24N4O4/c1-26-16(23)11-15-17(24)22(18(25)19-15)13-21-9-7-20(8-10-21)12-14-5-3-2-4-6-14/h2-6,15H,7-13H2,1H3,(H,19,25). The predicted molar refractivity (Wildman–Crippen MR) is 94.0 cm³/mol. The van der Waals surface area contributed by atoms with E-state index in [4.69, 9.17) is 0 Å². The van der Waals surface area contributed by atoms with Crippen molar-refractivity contribution in [2.75, 3.05) is 40.0 Å². The fourth-order valence-electron chi connectivity index (χ4n) is 3.23. The Balaban J connectivity index is 1.47. The van der Waals surface area contributed by atoms with Gasteiger partial charge in [0.2, 0.25) is 0 Å². The van der Waals surface area contributed by atoms with Crippen LogP contribution >= 0.6 is 0 Å². The van der Waals surface area contributed by atoms with E-state index in [1.54, 1.807) is 0 Å². The SMILES string of the molecule is COC(=O)CC1NC(=O)N(CN2CCN(Cc3ccccc3)CC2)C1=O. The largest absolute Gasteiger partial charge is 0.469 e. The number of esters is 1. The molecule has 0 aliphatic carbocycles. The number of urea groups is 1. The molecular weight excluding hydrogens is 336 g/mol. The number of methoxy groups -OCH3 is 1. The third-order valence-electron chi connectivity index (χ3n) is 4.76. The number of nitrogens with zero attached hydrogens (tertiary/aromatic N) is 3. The van der Waals surface area contributed by atoms with E-state index in [2.05, 4.69) is 32.0 Å². The summed E-state index contributed by atoms with van der Waals surface area (Å²) in [5.41, 5.74) is 1.28. The minimum absolute atomic E-state index is 0.136. The molecule has 2 heterocycles. The first-order valence-electron chi connectivity index (χ1n) is 8.74. The molecule has 8 heteroatoms. The van der Waals surface area contributed by atoms with E-state index in [9.17, 15) is 14.4 Å². The van der Waals surface area contributed by atoms with Crippen molar-refractivity contribution in [2.45, 2.75) is 19.0 Å². The van der Waals surface area contributed by atoms with Crippen LogP contribution in [0.4, 0.5) is 4.79 Å². The first-order valence-corrected chi connectivity index (χ1v) is 8.74. The van der Waals surface area contributed by atoms with Gasteiger partial charge in [-0.3, -0.25) is 19.4 Å². The van der Waals surface area contributed by atoms with Crippen LogP contribution in [0.3, 0.4) is 0 Å². The van der Waals surface area contributed by atoms with Crippen LogP contribution in [0.15, 0.2) is 30.3 Å². The molecule has 3 rings (SSSR count). The molecule has 8 nitrogen and oxygen atoms in total. The van der Waals surface area contributed by atoms with Gasteiger partial charge in [-0.25, -0.2) is 9.69 Å². The minimum Gasteiger partial charge on any atom is -0.469 e. The van der Waals surface area contributed by atoms with Gasteiger partial charge in [0, 0.05) is 32.7 Å². The van der Waals surface area contributed by atoms with E-state index in [1.807, 2.05) is 18.2 Å². The number of carbonyl (C=O) groups is 3. The number of hydrogen-bond donors (Lipinski definition) is 1. The lowest BCUT2D eigenvalue weighted by Crippen LogP contribution is -2.51. The van der Waals surface area contributed by atoms with Crippen LogP contribution in [0.2, 0.25) is 0 Å². The molecule has 3 amide bonds. The van der Waals surface area contributed by atoms with Gasteiger partial charge >= 0.3 is 12.0 Å². The van der Waals surface area contributed by atoms with Gasteiger partial charge in [0.1, 0.15) is 6.04 Å². The molecule has 2 aliphatic rings. The van der Waals surface area contributed by atoms with Crippen molar-refractivity contribution in [3.8, 4) is 0 Å². The van der Waals surface area contributed by atoms with Gasteiger partial charge in [0.05, 0.1) is 20.2 Å². The monoisotopic (exact) mass is 360 g/mol. The minimum atomic E-state index is -0.825. The van der Waals surface area contributed by atoms with E-state index >= 15 is 0 Å². The van der Waals surface area contributed by atoms with Crippen molar-refractivity contribution in [3.05, 3.63) is 35.9 Å². The van der Waals surface area contributed by atoms with Crippen molar-refractivity contribution < 1.29 is 19.1 Å². The smallest absolute Gasteiger partial charge is 0.325 e. The summed E-state index contributed by atoms with van der Waals surface area (Å²) < 4.78 is 4.56. The van der Waals surface area contributed by atoms with Crippen LogP contribution < -0.4 is 5.32 Å². The second-order valence-corrected chi connectivity index (χ2v) is 6.57. The summed E-state index contributed by atoms with van der Waals surface area (Å²) in [5, 5.41) is 2.55. The predicted octanol–water partition coefficient (Wildman–Crippen LogP) is 0.245. The number of nitrogens with one attached hydrogen (secondary N) is 1. The van der Waals surface area contributed by atoms with Crippen molar-refractivity contribution in [1.29, 1.82) is 0 Å². The Bertz CT molecular complexity index is 658. The Morgan fingerprint density at radius 3 is 2.42 bits per heavy atom. The lowest BCUT2D eigenvalue weighted by atomic mass is 10.2. The normalized spacial score (nSPS) is 21.7. The van der Waals surface area contributed by atoms with Gasteiger partial charge in [-0.1, -0.05) is 30.3 Å². The Hall–Kier alpha value is -2.45. The van der Waals surface area contributed by atoms with Gasteiger partial charge < -0.3 is 10.1 Å². The lowest BCUT2D eigenvalue weighted by molar-refractivity contribution is -0.143. The maximum atomic E-state index is 12.3. The molecule has 26 heavy (non-hydrogen) atoms. The maximum absolute atomic E-state index is 12.3. The molecule has 2 fully saturated rings. The van der Waals surface area contributed by atoms with Crippen LogP contribution in [0.1, 0.15) is 12.0 Å². The van der Waals surface area contributed by atoms with E-state index in [-0.39, 0.29) is 19.0 Å². The van der Waals surface area contributed by atoms with Crippen molar-refractivity contribution in [1.82, 2.24) is 20.0 Å². The summed E-state index contributed by atoms with van der Waals surface area (Å²) in [7, 11) is 1.26. The average Bonchev–Trinajstić information content (AvgIpc) is 2.91. The summed E-state index contributed by atoms with van der Waals surface area (Å²) in [5.74, 6) is -0.882. The third kappa shape index (κ3) is 4.39. The Morgan fingerprint density at radius 2 is 1.77 bits per heavy atom. The van der Waals surface area contributed by atoms with Crippen molar-refractivity contribution in [2.24, 2.45) is 0 Å². The van der Waals surface area contributed by atoms with Crippen molar-refractivity contribution >= 4 is 17.9 Å². The number of rotatable bonds is 6. The fourth-order valence-corrected chi connectivity index (χ4v) is 3.23. The molecule has 0 radical (unpaired) electrons. The zero-order chi connectivity index (χ0) is 18.5. The van der Waals surface area contributed by atoms with Gasteiger partial charge in [0.25, 0.3) is 5.91 Å². The van der Waals surface area contributed by atoms with E-state index in [1.165, 1.54) is 17.6 Å². The first kappa shape index (κ1) is 18.3. The molecule has 2 aliphatic heterocycles. The zero-order valence-electron chi connectivity index (χ0n) is 14.9. The first-order chi connectivity index (χ1) is 12.6. The van der Waals surface area contributed by atoms with Crippen LogP contribution in [0.25, 0.3) is 0 Å². The highest BCUT2D eigenvalue weighted by molar-refractivity contribution is 6.05. The van der Waals surface area contributed by atoms with Crippen molar-refractivity contribution in [3.63, 3.8) is 0 Å². The molecule has 1 aromatic carbocycles. The number of piperazine rings is 1. The molecule has 0 aromatic heterocycles. The Labute approximate surface area is 152 Å². The molecule has 0 bridgehead atoms. The number of benzene rings is 1. The number of amides is 3. The highest BCUT2D eigenvalue weighted by Gasteiger charge is 2.40. The molecule has 140 valence electrons. The second-order valence-electron chi connectivity index (χ2n) is 6.57. The molecular formula is C18H24N4O4. The highest BCUT2D eigenvalue weighted by Crippen LogP contribution is 2.13. The fraction of sp³-hybridized carbons (Fsp3) is 0.500. The quantitative estimate of drug-likeness (QED) is 0.578. The van der Waals surface area contributed by atoms with Gasteiger partial charge in [-0.05, 0) is 5.56 Å². The van der Waals surface area contributed by atoms with E-state index in [0.29, 0.717) is 0 Å². The molecule has 2 saturated heterocycles. The third-order valence-corrected chi connectivity index (χ3v) is 4.76. The molecule has 1 atom stereocenters. The highest BCUT2D eigenvalue weighted by atomic mass is 16.5. The van der Waals surface area contributed by atoms with Crippen LogP contribution in [-0.4, -0.2) is 78.6 Å². The second kappa shape index (κ2) is 8.29. The summed E-state index contributed by atoms with van der Waals surface area (Å²) in [6, 6.07) is 9.03. The van der Waals surface area contributed by atoms with E-state index < -0.39 is 18.0 Å². The number of ether oxygens (including phenoxy) is 1. The number of carbonyl (C=O) groups excluding carboxylic acids is 3. The Kier molecular flexibility index (Phi) is 5.85. The molecule has 1 N–H and O–H groups in total. The molecule has 0 saturated carbocycles. The lowest BCUT2D eigenvalue weighted by Gasteiger charge is -2.35. The van der Waals surface area contributed by atoms with E-state index in [0.717, 1.165) is 32.7 Å². The Morgan fingerprint density at radius 1 is 1.12 bits per heavy atom. The summed E-state index contributed by atoms with van der Waals surface area (Å²) in [6.45, 7) is 4.48. The number of hydrogen-bond acceptors (Lipinski definition) is 6. The summed E-state index contributed by atoms with van der Waals surface area (Å²) in [6.07, 6.45) is -0.136. The van der Waals surface area contributed by atoms with Crippen LogP contribution in [-0.2, 0) is 20.9 Å². The molecule has 1 unspecified atom stereocenters. The summed E-state index contributed by atoms with van der Waals surface area (Å²) in [4.78, 5) is 41.4. The van der Waals surface area contributed by atoms with Gasteiger partial charge in [-0.2, -0.15) is 0 Å². The van der Waals surface area contributed by atoms with Crippen LogP contribution in [0, 0.1) is 0 Å². The maximum Gasteiger partial charge on any atom is 0.325 e. The van der Waals surface area contributed by atoms with Gasteiger partial charge in [0.15, 0.2) is 0 Å². The molecule has 0 spiro atoms. The number of imide groups is 1.